The van der Waals surface area contributed by atoms with Gasteiger partial charge in [-0.05, 0) is 0 Å². The molecule has 0 amide bonds. The molecule has 6 heavy (non-hydrogen) atoms. The van der Waals surface area contributed by atoms with Crippen molar-refractivity contribution in [3.63, 3.8) is 0 Å². The van der Waals surface area contributed by atoms with Gasteiger partial charge >= 0.3 is 9.05 Å². The molecule has 34 valence electrons. The van der Waals surface area contributed by atoms with Gasteiger partial charge in [0.05, 0.1) is 0 Å². The fourth-order valence-electron chi connectivity index (χ4n) is 0. The van der Waals surface area contributed by atoms with Gasteiger partial charge in [-0.15, -0.1) is 0 Å². The van der Waals surface area contributed by atoms with Crippen molar-refractivity contribution in [3.8, 4) is 0 Å². The second-order valence-corrected chi connectivity index (χ2v) is 1.80. The summed E-state index contributed by atoms with van der Waals surface area (Å²) in [4.78, 5) is 29.3. The van der Waals surface area contributed by atoms with Crippen LogP contribution in [0.25, 0.3) is 0 Å². The van der Waals surface area contributed by atoms with Gasteiger partial charge in [0.2, 0.25) is 0 Å². The summed E-state index contributed by atoms with van der Waals surface area (Å²) in [5.74, 6) is 0. The maximum Gasteiger partial charge on any atom is 0.668 e. The molecule has 0 aromatic rings. The Morgan fingerprint density at radius 3 is 0.833 bits per heavy atom. The van der Waals surface area contributed by atoms with Crippen molar-refractivity contribution in [1.29, 1.82) is 0 Å². The monoisotopic (exact) mass is 100.0 g/mol. The standard InChI is InChI=1S/He.H4O4Si/c;1-5(2,3)4/h;1-4H. The van der Waals surface area contributed by atoms with Gasteiger partial charge in [-0.1, -0.05) is 0 Å². The van der Waals surface area contributed by atoms with Gasteiger partial charge in [0.1, 0.15) is 0 Å². The summed E-state index contributed by atoms with van der Waals surface area (Å²) in [6, 6.07) is 0. The molecule has 4 nitrogen and oxygen atoms in total. The molecule has 4 N–H and O–H groups in total. The Balaban J connectivity index is 0. The van der Waals surface area contributed by atoms with E-state index in [0.29, 0.717) is 0 Å². The predicted molar refractivity (Wildman–Crippen MR) is 14.6 cm³/mol. The Morgan fingerprint density at radius 2 is 0.833 bits per heavy atom. The van der Waals surface area contributed by atoms with Crippen LogP contribution in [0.4, 0.5) is 0 Å². The molecule has 0 aliphatic heterocycles. The number of rotatable bonds is 0. The summed E-state index contributed by atoms with van der Waals surface area (Å²) in [7, 11) is -4.61. The molecule has 0 aromatic carbocycles. The van der Waals surface area contributed by atoms with Crippen LogP contribution < -0.4 is 0 Å². The van der Waals surface area contributed by atoms with Crippen LogP contribution in [0.2, 0.25) is 0 Å². The van der Waals surface area contributed by atoms with Crippen LogP contribution in [0.3, 0.4) is 0 Å². The summed E-state index contributed by atoms with van der Waals surface area (Å²) < 4.78 is 0. The van der Waals surface area contributed by atoms with Crippen molar-refractivity contribution in [1.82, 2.24) is 0 Å². The Bertz CT molecular complexity index is 23.0. The minimum atomic E-state index is -4.61. The first-order valence-electron chi connectivity index (χ1n) is 0.894. The summed E-state index contributed by atoms with van der Waals surface area (Å²) in [5.41, 5.74) is 0. The van der Waals surface area contributed by atoms with Crippen LogP contribution >= 0.6 is 0 Å². The van der Waals surface area contributed by atoms with E-state index in [1.165, 1.54) is 0 Å². The minimum absolute atomic E-state index is 0. The zero-order chi connectivity index (χ0) is 4.50. The van der Waals surface area contributed by atoms with E-state index >= 15 is 0 Å². The third-order valence-corrected chi connectivity index (χ3v) is 0. The summed E-state index contributed by atoms with van der Waals surface area (Å²) in [6.07, 6.45) is 0. The van der Waals surface area contributed by atoms with Crippen molar-refractivity contribution in [2.24, 2.45) is 0 Å². The molecule has 0 unspecified atom stereocenters. The van der Waals surface area contributed by atoms with E-state index < -0.39 is 9.05 Å². The molecule has 6 heteroatoms. The van der Waals surface area contributed by atoms with Gasteiger partial charge in [-0.3, -0.25) is 0 Å². The van der Waals surface area contributed by atoms with E-state index in [9.17, 15) is 0 Å². The van der Waals surface area contributed by atoms with Crippen molar-refractivity contribution in [2.45, 2.75) is 0 Å². The van der Waals surface area contributed by atoms with E-state index in [-0.39, 0.29) is 6.15 Å². The second kappa shape index (κ2) is 2.19. The van der Waals surface area contributed by atoms with Gasteiger partial charge < -0.3 is 19.2 Å². The second-order valence-electron chi connectivity index (χ2n) is 0.600. The Morgan fingerprint density at radius 1 is 0.833 bits per heavy atom. The predicted octanol–water partition coefficient (Wildman–Crippen LogP) is -2.61. The zero-order valence-electron chi connectivity index (χ0n) is 3.00. The molecule has 0 spiro atoms. The van der Waals surface area contributed by atoms with Crippen LogP contribution in [-0.4, -0.2) is 28.2 Å². The average molecular weight is 100 g/mol. The number of hydrogen-bond acceptors (Lipinski definition) is 4. The molecule has 0 radical (unpaired) electrons. The quantitative estimate of drug-likeness (QED) is 0.251. The van der Waals surface area contributed by atoms with E-state index in [2.05, 4.69) is 0 Å². The van der Waals surface area contributed by atoms with E-state index in [0.717, 1.165) is 0 Å². The van der Waals surface area contributed by atoms with Crippen LogP contribution in [0.1, 0.15) is 0 Å². The SMILES string of the molecule is O[Si](O)(O)O.[He]. The topological polar surface area (TPSA) is 80.9 Å². The largest absolute Gasteiger partial charge is 0.668 e. The molecule has 0 rings (SSSR count). The third-order valence-electron chi connectivity index (χ3n) is 0. The maximum absolute atomic E-state index is 7.33. The third kappa shape index (κ3) is 30100. The van der Waals surface area contributed by atoms with Crippen LogP contribution in [0, 0.1) is 6.15 Å². The Labute approximate surface area is 35.6 Å². The summed E-state index contributed by atoms with van der Waals surface area (Å²) in [5, 5.41) is 0. The first-order chi connectivity index (χ1) is 2.00. The van der Waals surface area contributed by atoms with E-state index in [1.807, 2.05) is 0 Å². The molecule has 0 saturated carbocycles. The first-order valence-corrected chi connectivity index (χ1v) is 2.68. The minimum Gasteiger partial charge on any atom is -0.368 e. The van der Waals surface area contributed by atoms with E-state index in [4.69, 9.17) is 19.2 Å². The Kier molecular flexibility index (Phi) is 3.42. The molecule has 0 atom stereocenters. The average Bonchev–Trinajstić information content (AvgIpc) is 0.722. The molecule has 0 bridgehead atoms. The molecule has 0 heterocycles. The van der Waals surface area contributed by atoms with Crippen LogP contribution in [-0.2, 0) is 0 Å². The first kappa shape index (κ1) is 9.35. The van der Waals surface area contributed by atoms with Gasteiger partial charge in [-0.25, -0.2) is 0 Å². The molecule has 0 aliphatic carbocycles. The van der Waals surface area contributed by atoms with Crippen LogP contribution in [0.15, 0.2) is 0 Å². The van der Waals surface area contributed by atoms with Crippen molar-refractivity contribution >= 4 is 9.05 Å². The molecule has 0 aliphatic rings. The smallest absolute Gasteiger partial charge is 0.368 e. The van der Waals surface area contributed by atoms with Crippen molar-refractivity contribution in [3.05, 3.63) is 0 Å². The normalized spacial score (nSPS) is 10.0. The number of hydrogen-bond donors (Lipinski definition) is 4. The molecular formula is H4HeO4Si. The zero-order valence-corrected chi connectivity index (χ0v) is 4.00. The maximum atomic E-state index is 7.33. The van der Waals surface area contributed by atoms with Crippen molar-refractivity contribution in [2.75, 3.05) is 0 Å². The van der Waals surface area contributed by atoms with Crippen LogP contribution in [0.5, 0.6) is 0 Å². The molecule has 0 aromatic heterocycles. The van der Waals surface area contributed by atoms with Gasteiger partial charge in [0.15, 0.2) is 0 Å². The molecule has 0 fully saturated rings. The summed E-state index contributed by atoms with van der Waals surface area (Å²) in [6.45, 7) is 0. The van der Waals surface area contributed by atoms with Gasteiger partial charge in [-0.2, -0.15) is 0 Å². The molecule has 0 saturated heterocycles. The molecular weight excluding hydrogens is 96.1 g/mol. The van der Waals surface area contributed by atoms with Gasteiger partial charge in [0, 0.05) is 6.15 Å². The summed E-state index contributed by atoms with van der Waals surface area (Å²) >= 11 is 0. The van der Waals surface area contributed by atoms with E-state index in [1.54, 1.807) is 0 Å². The fourth-order valence-corrected chi connectivity index (χ4v) is 0. The van der Waals surface area contributed by atoms with Crippen molar-refractivity contribution < 1.29 is 25.3 Å². The fraction of sp³-hybridized carbons (Fsp3) is 0. The Hall–Kier alpha value is -0.0340. The van der Waals surface area contributed by atoms with Gasteiger partial charge in [0.25, 0.3) is 0 Å².